The maximum atomic E-state index is 12.9. The number of rotatable bonds is 9. The molecule has 0 spiro atoms. The van der Waals surface area contributed by atoms with Crippen LogP contribution in [-0.4, -0.2) is 39.7 Å². The van der Waals surface area contributed by atoms with Gasteiger partial charge in [0.15, 0.2) is 9.84 Å². The molecule has 0 bridgehead atoms. The molecule has 4 rings (SSSR count). The van der Waals surface area contributed by atoms with Gasteiger partial charge in [-0.1, -0.05) is 30.3 Å². The first-order valence-corrected chi connectivity index (χ1v) is 14.0. The summed E-state index contributed by atoms with van der Waals surface area (Å²) in [5.41, 5.74) is 2.13. The Kier molecular flexibility index (Phi) is 6.60. The van der Waals surface area contributed by atoms with Crippen LogP contribution in [-0.2, 0) is 43.2 Å². The van der Waals surface area contributed by atoms with E-state index in [4.69, 9.17) is 4.42 Å². The second-order valence-corrected chi connectivity index (χ2v) is 12.1. The molecule has 1 atom stereocenters. The fourth-order valence-electron chi connectivity index (χ4n) is 4.10. The zero-order valence-electron chi connectivity index (χ0n) is 17.9. The molecule has 8 nitrogen and oxygen atoms in total. The number of nitrogens with one attached hydrogen (secondary N) is 1. The number of aryl methyl sites for hydroxylation is 2. The van der Waals surface area contributed by atoms with Crippen molar-refractivity contribution in [2.24, 2.45) is 0 Å². The average Bonchev–Trinajstić information content (AvgIpc) is 3.15. The SMILES string of the molecule is O=C(O)[C@H](CCS(=O)(=O)Cc1ccccc1)NS(=O)(=O)c1ccc2c3c(oc2c1)CCCC3. The number of hydrogen-bond donors (Lipinski definition) is 2. The Bertz CT molecular complexity index is 1380. The highest BCUT2D eigenvalue weighted by molar-refractivity contribution is 7.90. The lowest BCUT2D eigenvalue weighted by atomic mass is 9.96. The Morgan fingerprint density at radius 1 is 1.03 bits per heavy atom. The van der Waals surface area contributed by atoms with Crippen LogP contribution in [0.1, 0.15) is 36.1 Å². The first kappa shape index (κ1) is 23.5. The first-order chi connectivity index (χ1) is 15.6. The normalized spacial score (nSPS) is 15.3. The van der Waals surface area contributed by atoms with Gasteiger partial charge in [0, 0.05) is 23.4 Å². The molecule has 1 heterocycles. The Morgan fingerprint density at radius 3 is 2.48 bits per heavy atom. The molecule has 0 saturated carbocycles. The van der Waals surface area contributed by atoms with Gasteiger partial charge in [-0.05, 0) is 43.4 Å². The van der Waals surface area contributed by atoms with Gasteiger partial charge in [-0.15, -0.1) is 0 Å². The number of aliphatic carboxylic acids is 1. The number of benzene rings is 2. The van der Waals surface area contributed by atoms with Crippen molar-refractivity contribution in [3.8, 4) is 0 Å². The van der Waals surface area contributed by atoms with Crippen LogP contribution >= 0.6 is 0 Å². The zero-order chi connectivity index (χ0) is 23.6. The molecule has 176 valence electrons. The largest absolute Gasteiger partial charge is 0.480 e. The van der Waals surface area contributed by atoms with E-state index in [0.29, 0.717) is 11.1 Å². The number of sulfonamides is 1. The molecule has 2 aromatic carbocycles. The lowest BCUT2D eigenvalue weighted by molar-refractivity contribution is -0.139. The molecule has 0 fully saturated rings. The quantitative estimate of drug-likeness (QED) is 0.470. The second kappa shape index (κ2) is 9.28. The topological polar surface area (TPSA) is 131 Å². The molecule has 2 N–H and O–H groups in total. The minimum absolute atomic E-state index is 0.125. The minimum Gasteiger partial charge on any atom is -0.480 e. The maximum Gasteiger partial charge on any atom is 0.321 e. The van der Waals surface area contributed by atoms with Gasteiger partial charge in [-0.25, -0.2) is 16.8 Å². The summed E-state index contributed by atoms with van der Waals surface area (Å²) in [6.07, 6.45) is 3.37. The van der Waals surface area contributed by atoms with Gasteiger partial charge in [0.1, 0.15) is 17.4 Å². The number of sulfone groups is 1. The molecule has 1 aliphatic rings. The maximum absolute atomic E-state index is 12.9. The smallest absolute Gasteiger partial charge is 0.321 e. The molecule has 33 heavy (non-hydrogen) atoms. The van der Waals surface area contributed by atoms with Crippen LogP contribution in [0.2, 0.25) is 0 Å². The molecule has 0 saturated heterocycles. The van der Waals surface area contributed by atoms with E-state index in [9.17, 15) is 26.7 Å². The van der Waals surface area contributed by atoms with Gasteiger partial charge in [0.05, 0.1) is 16.4 Å². The highest BCUT2D eigenvalue weighted by atomic mass is 32.2. The summed E-state index contributed by atoms with van der Waals surface area (Å²) >= 11 is 0. The van der Waals surface area contributed by atoms with Crippen LogP contribution in [0.4, 0.5) is 0 Å². The van der Waals surface area contributed by atoms with Gasteiger partial charge >= 0.3 is 5.97 Å². The summed E-state index contributed by atoms with van der Waals surface area (Å²) in [5, 5.41) is 10.4. The second-order valence-electron chi connectivity index (χ2n) is 8.25. The Labute approximate surface area is 192 Å². The van der Waals surface area contributed by atoms with Crippen molar-refractivity contribution in [2.75, 3.05) is 5.75 Å². The standard InChI is InChI=1S/C23H25NO7S2/c25-23(26)20(12-13-32(27,28)15-16-6-2-1-3-7-16)24-33(29,30)17-10-11-19-18-8-4-5-9-21(18)31-22(19)14-17/h1-3,6-7,10-11,14,20,24H,4-5,8-9,12-13,15H2,(H,25,26)/t20-/m0/s1. The van der Waals surface area contributed by atoms with E-state index in [2.05, 4.69) is 4.72 Å². The van der Waals surface area contributed by atoms with Gasteiger partial charge < -0.3 is 9.52 Å². The van der Waals surface area contributed by atoms with E-state index >= 15 is 0 Å². The van der Waals surface area contributed by atoms with E-state index < -0.39 is 37.6 Å². The van der Waals surface area contributed by atoms with Crippen LogP contribution in [0.15, 0.2) is 57.8 Å². The van der Waals surface area contributed by atoms with Gasteiger partial charge in [0.25, 0.3) is 0 Å². The Morgan fingerprint density at radius 2 is 1.76 bits per heavy atom. The third-order valence-corrected chi connectivity index (χ3v) is 8.88. The molecule has 0 radical (unpaired) electrons. The number of carboxylic acid groups (broad SMARTS) is 1. The number of carboxylic acids is 1. The Balaban J connectivity index is 1.49. The Hall–Kier alpha value is -2.69. The van der Waals surface area contributed by atoms with Crippen LogP contribution in [0.3, 0.4) is 0 Å². The highest BCUT2D eigenvalue weighted by Crippen LogP contribution is 2.33. The van der Waals surface area contributed by atoms with Crippen LogP contribution in [0, 0.1) is 0 Å². The molecule has 3 aromatic rings. The number of furan rings is 1. The molecule has 10 heteroatoms. The predicted octanol–water partition coefficient (Wildman–Crippen LogP) is 3.05. The van der Waals surface area contributed by atoms with Gasteiger partial charge in [-0.2, -0.15) is 4.72 Å². The van der Waals surface area contributed by atoms with Crippen molar-refractivity contribution in [1.82, 2.24) is 4.72 Å². The molecule has 1 aromatic heterocycles. The molecular formula is C23H25NO7S2. The van der Waals surface area contributed by atoms with Crippen molar-refractivity contribution >= 4 is 36.8 Å². The van der Waals surface area contributed by atoms with Crippen LogP contribution in [0.25, 0.3) is 11.0 Å². The summed E-state index contributed by atoms with van der Waals surface area (Å²) in [7, 11) is -7.84. The summed E-state index contributed by atoms with van der Waals surface area (Å²) < 4.78 is 58.6. The predicted molar refractivity (Wildman–Crippen MR) is 123 cm³/mol. The van der Waals surface area contributed by atoms with Crippen molar-refractivity contribution in [1.29, 1.82) is 0 Å². The van der Waals surface area contributed by atoms with Gasteiger partial charge in [-0.3, -0.25) is 4.79 Å². The van der Waals surface area contributed by atoms with E-state index in [1.54, 1.807) is 36.4 Å². The number of carbonyl (C=O) groups is 1. The van der Waals surface area contributed by atoms with Crippen molar-refractivity contribution < 1.29 is 31.2 Å². The summed E-state index contributed by atoms with van der Waals surface area (Å²) in [6, 6.07) is 11.4. The summed E-state index contributed by atoms with van der Waals surface area (Å²) in [5.74, 6) is -1.29. The fourth-order valence-corrected chi connectivity index (χ4v) is 6.78. The highest BCUT2D eigenvalue weighted by Gasteiger charge is 2.28. The summed E-state index contributed by atoms with van der Waals surface area (Å²) in [6.45, 7) is 0. The van der Waals surface area contributed by atoms with Gasteiger partial charge in [0.2, 0.25) is 10.0 Å². The zero-order valence-corrected chi connectivity index (χ0v) is 19.5. The monoisotopic (exact) mass is 491 g/mol. The molecule has 1 aliphatic carbocycles. The van der Waals surface area contributed by atoms with Crippen molar-refractivity contribution in [3.05, 3.63) is 65.4 Å². The third kappa shape index (κ3) is 5.45. The fraction of sp³-hybridized carbons (Fsp3) is 0.348. The van der Waals surface area contributed by atoms with E-state index in [0.717, 1.165) is 42.4 Å². The average molecular weight is 492 g/mol. The molecule has 0 amide bonds. The van der Waals surface area contributed by atoms with Crippen LogP contribution < -0.4 is 4.72 Å². The van der Waals surface area contributed by atoms with E-state index in [1.807, 2.05) is 0 Å². The minimum atomic E-state index is -4.21. The van der Waals surface area contributed by atoms with Crippen molar-refractivity contribution in [3.63, 3.8) is 0 Å². The number of hydrogen-bond acceptors (Lipinski definition) is 6. The number of fused-ring (bicyclic) bond motifs is 3. The van der Waals surface area contributed by atoms with E-state index in [-0.39, 0.29) is 17.1 Å². The lowest BCUT2D eigenvalue weighted by Gasteiger charge is -2.15. The third-order valence-electron chi connectivity index (χ3n) is 5.78. The van der Waals surface area contributed by atoms with Crippen LogP contribution in [0.5, 0.6) is 0 Å². The van der Waals surface area contributed by atoms with E-state index in [1.165, 1.54) is 12.1 Å². The summed E-state index contributed by atoms with van der Waals surface area (Å²) in [4.78, 5) is 11.6. The molecule has 0 unspecified atom stereocenters. The molecule has 0 aliphatic heterocycles. The lowest BCUT2D eigenvalue weighted by Crippen LogP contribution is -2.41. The molecular weight excluding hydrogens is 466 g/mol. The first-order valence-electron chi connectivity index (χ1n) is 10.7. The van der Waals surface area contributed by atoms with Crippen molar-refractivity contribution in [2.45, 2.75) is 48.8 Å².